The summed E-state index contributed by atoms with van der Waals surface area (Å²) in [5.74, 6) is 0.602. The lowest BCUT2D eigenvalue weighted by Gasteiger charge is -2.12. The first-order valence-corrected chi connectivity index (χ1v) is 5.40. The Balaban J connectivity index is 1.79. The lowest BCUT2D eigenvalue weighted by molar-refractivity contribution is -0.123. The molecule has 2 heteroatoms. The fraction of sp³-hybridized carbons (Fsp3) is 0.909. The highest BCUT2D eigenvalue weighted by molar-refractivity contribution is 5.82. The Morgan fingerprint density at radius 2 is 1.85 bits per heavy atom. The van der Waals surface area contributed by atoms with Gasteiger partial charge < -0.3 is 5.32 Å². The molecule has 0 saturated heterocycles. The van der Waals surface area contributed by atoms with E-state index in [-0.39, 0.29) is 5.41 Å². The molecule has 2 aliphatic rings. The van der Waals surface area contributed by atoms with Crippen molar-refractivity contribution in [3.8, 4) is 0 Å². The van der Waals surface area contributed by atoms with Crippen molar-refractivity contribution >= 4 is 5.91 Å². The first-order chi connectivity index (χ1) is 6.09. The zero-order valence-electron chi connectivity index (χ0n) is 8.60. The van der Waals surface area contributed by atoms with Gasteiger partial charge in [0.2, 0.25) is 5.91 Å². The summed E-state index contributed by atoms with van der Waals surface area (Å²) in [6.07, 6.45) is 6.04. The molecular weight excluding hydrogens is 162 g/mol. The van der Waals surface area contributed by atoms with Crippen molar-refractivity contribution in [2.45, 2.75) is 52.0 Å². The number of carbonyl (C=O) groups excluding carboxylic acids is 1. The van der Waals surface area contributed by atoms with Crippen LogP contribution in [0.15, 0.2) is 0 Å². The third kappa shape index (κ3) is 1.87. The predicted molar refractivity (Wildman–Crippen MR) is 52.3 cm³/mol. The van der Waals surface area contributed by atoms with Gasteiger partial charge in [-0.05, 0) is 24.7 Å². The first-order valence-electron chi connectivity index (χ1n) is 5.40. The van der Waals surface area contributed by atoms with Crippen molar-refractivity contribution in [3.05, 3.63) is 0 Å². The van der Waals surface area contributed by atoms with E-state index in [1.54, 1.807) is 0 Å². The summed E-state index contributed by atoms with van der Waals surface area (Å²) in [5.41, 5.74) is 0.280. The minimum absolute atomic E-state index is 0.280. The van der Waals surface area contributed by atoms with Crippen LogP contribution < -0.4 is 5.32 Å². The average molecular weight is 181 g/mol. The SMILES string of the molecule is CC1(C)C[C@@H]1C(=O)NC1CCCC1. The zero-order chi connectivity index (χ0) is 9.47. The summed E-state index contributed by atoms with van der Waals surface area (Å²) < 4.78 is 0. The van der Waals surface area contributed by atoms with Crippen LogP contribution in [0, 0.1) is 11.3 Å². The second-order valence-electron chi connectivity index (χ2n) is 5.24. The van der Waals surface area contributed by atoms with E-state index in [2.05, 4.69) is 19.2 Å². The van der Waals surface area contributed by atoms with Gasteiger partial charge >= 0.3 is 0 Å². The van der Waals surface area contributed by atoms with Gasteiger partial charge in [0.1, 0.15) is 0 Å². The van der Waals surface area contributed by atoms with E-state index in [1.807, 2.05) is 0 Å². The van der Waals surface area contributed by atoms with E-state index >= 15 is 0 Å². The molecule has 2 rings (SSSR count). The Labute approximate surface area is 80.1 Å². The Morgan fingerprint density at radius 1 is 1.31 bits per heavy atom. The zero-order valence-corrected chi connectivity index (χ0v) is 8.60. The number of nitrogens with one attached hydrogen (secondary N) is 1. The summed E-state index contributed by atoms with van der Waals surface area (Å²) in [5, 5.41) is 3.16. The molecule has 0 aromatic heterocycles. The Kier molecular flexibility index (Phi) is 2.09. The highest BCUT2D eigenvalue weighted by atomic mass is 16.2. The number of carbonyl (C=O) groups is 1. The quantitative estimate of drug-likeness (QED) is 0.694. The molecule has 0 aromatic carbocycles. The second kappa shape index (κ2) is 3.00. The highest BCUT2D eigenvalue weighted by Gasteiger charge is 2.50. The molecule has 2 nitrogen and oxygen atoms in total. The van der Waals surface area contributed by atoms with Gasteiger partial charge in [0, 0.05) is 12.0 Å². The average Bonchev–Trinajstić information content (AvgIpc) is 2.49. The van der Waals surface area contributed by atoms with Gasteiger partial charge in [-0.1, -0.05) is 26.7 Å². The van der Waals surface area contributed by atoms with E-state index in [0.717, 1.165) is 6.42 Å². The second-order valence-corrected chi connectivity index (χ2v) is 5.24. The Hall–Kier alpha value is -0.530. The molecule has 0 bridgehead atoms. The molecule has 1 atom stereocenters. The fourth-order valence-corrected chi connectivity index (χ4v) is 2.29. The van der Waals surface area contributed by atoms with Crippen LogP contribution in [0.4, 0.5) is 0 Å². The highest BCUT2D eigenvalue weighted by Crippen LogP contribution is 2.51. The summed E-state index contributed by atoms with van der Waals surface area (Å²) >= 11 is 0. The van der Waals surface area contributed by atoms with Crippen LogP contribution in [-0.4, -0.2) is 11.9 Å². The molecule has 0 heterocycles. The lowest BCUT2D eigenvalue weighted by atomic mass is 10.1. The van der Waals surface area contributed by atoms with Gasteiger partial charge in [0.25, 0.3) is 0 Å². The largest absolute Gasteiger partial charge is 0.353 e. The van der Waals surface area contributed by atoms with Crippen LogP contribution >= 0.6 is 0 Å². The number of hydrogen-bond acceptors (Lipinski definition) is 1. The standard InChI is InChI=1S/C11H19NO/c1-11(2)7-9(11)10(13)12-8-5-3-4-6-8/h8-9H,3-7H2,1-2H3,(H,12,13)/t9-/m1/s1. The van der Waals surface area contributed by atoms with Crippen molar-refractivity contribution in [2.24, 2.45) is 11.3 Å². The summed E-state index contributed by atoms with van der Waals surface area (Å²) in [6.45, 7) is 4.35. The predicted octanol–water partition coefficient (Wildman–Crippen LogP) is 2.09. The molecule has 1 amide bonds. The third-order valence-electron chi connectivity index (χ3n) is 3.53. The Morgan fingerprint density at radius 3 is 2.31 bits per heavy atom. The van der Waals surface area contributed by atoms with Crippen molar-refractivity contribution in [2.75, 3.05) is 0 Å². The summed E-state index contributed by atoms with van der Waals surface area (Å²) in [6, 6.07) is 0.490. The maximum atomic E-state index is 11.7. The van der Waals surface area contributed by atoms with Crippen LogP contribution in [0.1, 0.15) is 46.0 Å². The molecule has 74 valence electrons. The number of rotatable bonds is 2. The van der Waals surface area contributed by atoms with Gasteiger partial charge in [0.15, 0.2) is 0 Å². The van der Waals surface area contributed by atoms with Crippen LogP contribution in [0.5, 0.6) is 0 Å². The van der Waals surface area contributed by atoms with Gasteiger partial charge in [-0.2, -0.15) is 0 Å². The van der Waals surface area contributed by atoms with E-state index in [0.29, 0.717) is 17.9 Å². The van der Waals surface area contributed by atoms with Crippen LogP contribution in [0.3, 0.4) is 0 Å². The van der Waals surface area contributed by atoms with Crippen molar-refractivity contribution in [1.29, 1.82) is 0 Å². The maximum Gasteiger partial charge on any atom is 0.223 e. The molecule has 13 heavy (non-hydrogen) atoms. The minimum Gasteiger partial charge on any atom is -0.353 e. The topological polar surface area (TPSA) is 29.1 Å². The first kappa shape index (κ1) is 9.04. The molecule has 2 saturated carbocycles. The molecule has 1 N–H and O–H groups in total. The van der Waals surface area contributed by atoms with Gasteiger partial charge in [-0.25, -0.2) is 0 Å². The van der Waals surface area contributed by atoms with Crippen LogP contribution in [0.25, 0.3) is 0 Å². The summed E-state index contributed by atoms with van der Waals surface area (Å²) in [4.78, 5) is 11.7. The molecule has 0 aliphatic heterocycles. The van der Waals surface area contributed by atoms with Gasteiger partial charge in [-0.3, -0.25) is 4.79 Å². The minimum atomic E-state index is 0.280. The van der Waals surface area contributed by atoms with Crippen molar-refractivity contribution in [3.63, 3.8) is 0 Å². The number of hydrogen-bond donors (Lipinski definition) is 1. The maximum absolute atomic E-state index is 11.7. The summed E-state index contributed by atoms with van der Waals surface area (Å²) in [7, 11) is 0. The van der Waals surface area contributed by atoms with E-state index in [9.17, 15) is 4.79 Å². The molecule has 0 unspecified atom stereocenters. The third-order valence-corrected chi connectivity index (χ3v) is 3.53. The fourth-order valence-electron chi connectivity index (χ4n) is 2.29. The molecule has 0 spiro atoms. The van der Waals surface area contributed by atoms with Gasteiger partial charge in [0.05, 0.1) is 0 Å². The molecular formula is C11H19NO. The molecule has 0 radical (unpaired) electrons. The van der Waals surface area contributed by atoms with Crippen molar-refractivity contribution < 1.29 is 4.79 Å². The van der Waals surface area contributed by atoms with Crippen LogP contribution in [-0.2, 0) is 4.79 Å². The Bertz CT molecular complexity index is 216. The molecule has 2 aliphatic carbocycles. The van der Waals surface area contributed by atoms with Crippen LogP contribution in [0.2, 0.25) is 0 Å². The van der Waals surface area contributed by atoms with E-state index < -0.39 is 0 Å². The molecule has 0 aromatic rings. The monoisotopic (exact) mass is 181 g/mol. The normalized spacial score (nSPS) is 31.7. The number of amides is 1. The lowest BCUT2D eigenvalue weighted by Crippen LogP contribution is -2.34. The van der Waals surface area contributed by atoms with E-state index in [4.69, 9.17) is 0 Å². The molecule has 2 fully saturated rings. The van der Waals surface area contributed by atoms with Gasteiger partial charge in [-0.15, -0.1) is 0 Å². The van der Waals surface area contributed by atoms with E-state index in [1.165, 1.54) is 25.7 Å². The smallest absolute Gasteiger partial charge is 0.223 e. The van der Waals surface area contributed by atoms with Crippen molar-refractivity contribution in [1.82, 2.24) is 5.32 Å².